The van der Waals surface area contributed by atoms with Crippen molar-refractivity contribution in [1.82, 2.24) is 10.3 Å². The van der Waals surface area contributed by atoms with E-state index in [-0.39, 0.29) is 5.97 Å². The molecule has 0 aromatic carbocycles. The van der Waals surface area contributed by atoms with Gasteiger partial charge in [-0.3, -0.25) is 4.98 Å². The van der Waals surface area contributed by atoms with Gasteiger partial charge in [0.05, 0.1) is 12.7 Å². The molecule has 1 N–H and O–H groups in total. The predicted molar refractivity (Wildman–Crippen MR) is 51.2 cm³/mol. The molecule has 0 spiro atoms. The third-order valence-electron chi connectivity index (χ3n) is 2.40. The summed E-state index contributed by atoms with van der Waals surface area (Å²) in [5, 5.41) is 3.17. The minimum atomic E-state index is -0.305. The van der Waals surface area contributed by atoms with Gasteiger partial charge in [-0.1, -0.05) is 0 Å². The largest absolute Gasteiger partial charge is 0.465 e. The Kier molecular flexibility index (Phi) is 2.45. The van der Waals surface area contributed by atoms with Crippen LogP contribution >= 0.6 is 0 Å². The van der Waals surface area contributed by atoms with Gasteiger partial charge in [-0.05, 0) is 12.1 Å². The summed E-state index contributed by atoms with van der Waals surface area (Å²) in [6.45, 7) is 1.88. The number of nitrogens with one attached hydrogen (secondary N) is 1. The Morgan fingerprint density at radius 3 is 3.00 bits per heavy atom. The number of rotatable bonds is 2. The van der Waals surface area contributed by atoms with E-state index in [9.17, 15) is 4.79 Å². The summed E-state index contributed by atoms with van der Waals surface area (Å²) < 4.78 is 4.64. The van der Waals surface area contributed by atoms with Gasteiger partial charge in [-0.25, -0.2) is 4.79 Å². The van der Waals surface area contributed by atoms with E-state index in [2.05, 4.69) is 15.0 Å². The topological polar surface area (TPSA) is 51.2 Å². The monoisotopic (exact) mass is 192 g/mol. The van der Waals surface area contributed by atoms with Crippen LogP contribution in [-0.2, 0) is 4.74 Å². The maximum atomic E-state index is 11.2. The molecule has 0 unspecified atom stereocenters. The van der Waals surface area contributed by atoms with Gasteiger partial charge in [-0.15, -0.1) is 0 Å². The average Bonchev–Trinajstić information content (AvgIpc) is 2.14. The zero-order chi connectivity index (χ0) is 9.97. The molecule has 0 atom stereocenters. The first-order chi connectivity index (χ1) is 6.81. The summed E-state index contributed by atoms with van der Waals surface area (Å²) in [5.74, 6) is 0.139. The standard InChI is InChI=1S/C10H12N2O2/c1-14-10(13)7-2-3-12-9(4-7)8-5-11-6-8/h2-4,8,11H,5-6H2,1H3. The molecule has 0 radical (unpaired) electrons. The van der Waals surface area contributed by atoms with Gasteiger partial charge in [-0.2, -0.15) is 0 Å². The van der Waals surface area contributed by atoms with Gasteiger partial charge in [0, 0.05) is 30.9 Å². The Morgan fingerprint density at radius 1 is 1.64 bits per heavy atom. The van der Waals surface area contributed by atoms with Gasteiger partial charge in [0.2, 0.25) is 0 Å². The molecule has 4 heteroatoms. The lowest BCUT2D eigenvalue weighted by atomic mass is 9.98. The van der Waals surface area contributed by atoms with Gasteiger partial charge in [0.1, 0.15) is 0 Å². The van der Waals surface area contributed by atoms with Crippen molar-refractivity contribution in [3.63, 3.8) is 0 Å². The quantitative estimate of drug-likeness (QED) is 0.695. The van der Waals surface area contributed by atoms with E-state index in [0.29, 0.717) is 11.5 Å². The summed E-state index contributed by atoms with van der Waals surface area (Å²) in [5.41, 5.74) is 1.54. The molecule has 0 amide bonds. The smallest absolute Gasteiger partial charge is 0.337 e. The first kappa shape index (κ1) is 9.15. The van der Waals surface area contributed by atoms with E-state index >= 15 is 0 Å². The van der Waals surface area contributed by atoms with Crippen molar-refractivity contribution in [3.8, 4) is 0 Å². The van der Waals surface area contributed by atoms with Crippen LogP contribution in [0.15, 0.2) is 18.3 Å². The lowest BCUT2D eigenvalue weighted by Crippen LogP contribution is -2.40. The number of hydrogen-bond donors (Lipinski definition) is 1. The van der Waals surface area contributed by atoms with Gasteiger partial charge in [0.25, 0.3) is 0 Å². The lowest BCUT2D eigenvalue weighted by molar-refractivity contribution is 0.0600. The molecule has 0 saturated carbocycles. The van der Waals surface area contributed by atoms with Crippen LogP contribution in [0.3, 0.4) is 0 Å². The number of aromatic nitrogens is 1. The second-order valence-corrected chi connectivity index (χ2v) is 3.32. The normalized spacial score (nSPS) is 16.1. The average molecular weight is 192 g/mol. The maximum absolute atomic E-state index is 11.2. The molecule has 4 nitrogen and oxygen atoms in total. The number of ether oxygens (including phenoxy) is 1. The van der Waals surface area contributed by atoms with Gasteiger partial charge < -0.3 is 10.1 Å². The SMILES string of the molecule is COC(=O)c1ccnc(C2CNC2)c1. The predicted octanol–water partition coefficient (Wildman–Crippen LogP) is 0.555. The Labute approximate surface area is 82.3 Å². The molecule has 0 aliphatic carbocycles. The molecular weight excluding hydrogens is 180 g/mol. The fourth-order valence-electron chi connectivity index (χ4n) is 1.41. The van der Waals surface area contributed by atoms with E-state index in [1.54, 1.807) is 18.3 Å². The molecule has 0 bridgehead atoms. The van der Waals surface area contributed by atoms with Crippen molar-refractivity contribution in [2.75, 3.05) is 20.2 Å². The van der Waals surface area contributed by atoms with Crippen LogP contribution in [0.1, 0.15) is 22.0 Å². The molecule has 1 aromatic heterocycles. The second-order valence-electron chi connectivity index (χ2n) is 3.32. The van der Waals surface area contributed by atoms with Crippen LogP contribution in [0, 0.1) is 0 Å². The fourth-order valence-corrected chi connectivity index (χ4v) is 1.41. The second kappa shape index (κ2) is 3.75. The fraction of sp³-hybridized carbons (Fsp3) is 0.400. The van der Waals surface area contributed by atoms with Crippen LogP contribution in [0.5, 0.6) is 0 Å². The first-order valence-corrected chi connectivity index (χ1v) is 4.56. The maximum Gasteiger partial charge on any atom is 0.337 e. The number of nitrogens with zero attached hydrogens (tertiary/aromatic N) is 1. The molecule has 1 saturated heterocycles. The molecule has 1 aliphatic heterocycles. The van der Waals surface area contributed by atoms with Crippen molar-refractivity contribution in [2.24, 2.45) is 0 Å². The van der Waals surface area contributed by atoms with E-state index in [0.717, 1.165) is 18.8 Å². The number of hydrogen-bond acceptors (Lipinski definition) is 4. The number of methoxy groups -OCH3 is 1. The lowest BCUT2D eigenvalue weighted by Gasteiger charge is -2.26. The van der Waals surface area contributed by atoms with Crippen molar-refractivity contribution < 1.29 is 9.53 Å². The van der Waals surface area contributed by atoms with Crippen molar-refractivity contribution >= 4 is 5.97 Å². The first-order valence-electron chi connectivity index (χ1n) is 4.56. The van der Waals surface area contributed by atoms with Crippen molar-refractivity contribution in [3.05, 3.63) is 29.6 Å². The Morgan fingerprint density at radius 2 is 2.43 bits per heavy atom. The molecular formula is C10H12N2O2. The number of carbonyl (C=O) groups excluding carboxylic acids is 1. The minimum Gasteiger partial charge on any atom is -0.465 e. The number of esters is 1. The van der Waals surface area contributed by atoms with Crippen LogP contribution < -0.4 is 5.32 Å². The highest BCUT2D eigenvalue weighted by molar-refractivity contribution is 5.89. The zero-order valence-electron chi connectivity index (χ0n) is 7.99. The Bertz CT molecular complexity index is 348. The Balaban J connectivity index is 2.21. The molecule has 2 rings (SSSR count). The minimum absolute atomic E-state index is 0.305. The van der Waals surface area contributed by atoms with E-state index in [1.165, 1.54) is 7.11 Å². The molecule has 1 aliphatic rings. The highest BCUT2D eigenvalue weighted by atomic mass is 16.5. The number of pyridine rings is 1. The third-order valence-corrected chi connectivity index (χ3v) is 2.40. The highest BCUT2D eigenvalue weighted by Gasteiger charge is 2.21. The third kappa shape index (κ3) is 1.61. The van der Waals surface area contributed by atoms with Gasteiger partial charge in [0.15, 0.2) is 0 Å². The van der Waals surface area contributed by atoms with Crippen LogP contribution in [0.25, 0.3) is 0 Å². The van der Waals surface area contributed by atoms with Crippen molar-refractivity contribution in [1.29, 1.82) is 0 Å². The van der Waals surface area contributed by atoms with Gasteiger partial charge >= 0.3 is 5.97 Å². The van der Waals surface area contributed by atoms with E-state index in [1.807, 2.05) is 0 Å². The van der Waals surface area contributed by atoms with E-state index in [4.69, 9.17) is 0 Å². The summed E-state index contributed by atoms with van der Waals surface area (Å²) in [6, 6.07) is 3.47. The summed E-state index contributed by atoms with van der Waals surface area (Å²) >= 11 is 0. The van der Waals surface area contributed by atoms with Crippen LogP contribution in [0.4, 0.5) is 0 Å². The summed E-state index contributed by atoms with van der Waals surface area (Å²) in [7, 11) is 1.38. The Hall–Kier alpha value is -1.42. The van der Waals surface area contributed by atoms with Crippen LogP contribution in [-0.4, -0.2) is 31.2 Å². The zero-order valence-corrected chi connectivity index (χ0v) is 7.99. The molecule has 74 valence electrons. The molecule has 1 fully saturated rings. The molecule has 14 heavy (non-hydrogen) atoms. The van der Waals surface area contributed by atoms with E-state index < -0.39 is 0 Å². The summed E-state index contributed by atoms with van der Waals surface area (Å²) in [6.07, 6.45) is 1.65. The van der Waals surface area contributed by atoms with Crippen LogP contribution in [0.2, 0.25) is 0 Å². The summed E-state index contributed by atoms with van der Waals surface area (Å²) in [4.78, 5) is 15.5. The molecule has 2 heterocycles. The number of carbonyl (C=O) groups is 1. The van der Waals surface area contributed by atoms with Crippen molar-refractivity contribution in [2.45, 2.75) is 5.92 Å². The molecule has 1 aromatic rings. The highest BCUT2D eigenvalue weighted by Crippen LogP contribution is 2.18.